The van der Waals surface area contributed by atoms with E-state index in [0.29, 0.717) is 11.5 Å². The number of aromatic nitrogens is 3. The van der Waals surface area contributed by atoms with Gasteiger partial charge in [-0.25, -0.2) is 14.3 Å². The lowest BCUT2D eigenvalue weighted by atomic mass is 10.3. The van der Waals surface area contributed by atoms with E-state index in [1.165, 1.54) is 0 Å². The zero-order valence-corrected chi connectivity index (χ0v) is 11.8. The molecule has 0 radical (unpaired) electrons. The van der Waals surface area contributed by atoms with Crippen molar-refractivity contribution in [1.29, 1.82) is 0 Å². The van der Waals surface area contributed by atoms with Crippen LogP contribution in [-0.2, 0) is 0 Å². The average Bonchev–Trinajstić information content (AvgIpc) is 2.81. The van der Waals surface area contributed by atoms with E-state index >= 15 is 0 Å². The van der Waals surface area contributed by atoms with Crippen LogP contribution in [0.25, 0.3) is 5.65 Å². The van der Waals surface area contributed by atoms with E-state index in [-0.39, 0.29) is 6.03 Å². The van der Waals surface area contributed by atoms with Gasteiger partial charge in [0.2, 0.25) is 0 Å². The average molecular weight is 281 g/mol. The topological polar surface area (TPSA) is 71.3 Å². The summed E-state index contributed by atoms with van der Waals surface area (Å²) >= 11 is 0. The molecule has 2 heterocycles. The van der Waals surface area contributed by atoms with Crippen molar-refractivity contribution >= 4 is 23.1 Å². The van der Waals surface area contributed by atoms with E-state index in [1.807, 2.05) is 50.2 Å². The van der Waals surface area contributed by atoms with Crippen molar-refractivity contribution in [3.05, 3.63) is 54.0 Å². The van der Waals surface area contributed by atoms with Crippen LogP contribution in [0, 0.1) is 13.8 Å². The molecule has 3 rings (SSSR count). The summed E-state index contributed by atoms with van der Waals surface area (Å²) in [5.74, 6) is 0.698. The van der Waals surface area contributed by atoms with Gasteiger partial charge in [0.25, 0.3) is 0 Å². The third-order valence-electron chi connectivity index (χ3n) is 3.01. The number of carbonyl (C=O) groups is 1. The monoisotopic (exact) mass is 281 g/mol. The Kier molecular flexibility index (Phi) is 3.27. The van der Waals surface area contributed by atoms with Gasteiger partial charge in [0.1, 0.15) is 5.82 Å². The first-order valence-electron chi connectivity index (χ1n) is 6.58. The van der Waals surface area contributed by atoms with Crippen LogP contribution in [0.15, 0.2) is 42.6 Å². The lowest BCUT2D eigenvalue weighted by Gasteiger charge is -2.08. The summed E-state index contributed by atoms with van der Waals surface area (Å²) in [5.41, 5.74) is 3.15. The molecule has 0 saturated carbocycles. The number of hydrogen-bond acceptors (Lipinski definition) is 3. The predicted octanol–water partition coefficient (Wildman–Crippen LogP) is 2.99. The lowest BCUT2D eigenvalue weighted by Crippen LogP contribution is -2.19. The normalized spacial score (nSPS) is 10.6. The number of aryl methyl sites for hydroxylation is 2. The fourth-order valence-electron chi connectivity index (χ4n) is 2.14. The zero-order valence-electron chi connectivity index (χ0n) is 11.8. The first-order chi connectivity index (χ1) is 10.1. The first kappa shape index (κ1) is 13.1. The van der Waals surface area contributed by atoms with Crippen molar-refractivity contribution in [2.75, 3.05) is 10.6 Å². The Bertz CT molecular complexity index is 794. The van der Waals surface area contributed by atoms with Gasteiger partial charge in [-0.1, -0.05) is 18.2 Å². The highest BCUT2D eigenvalue weighted by Gasteiger charge is 2.07. The number of benzene rings is 1. The highest BCUT2D eigenvalue weighted by molar-refractivity contribution is 5.99. The minimum absolute atomic E-state index is 0.295. The number of hydrogen-bond donors (Lipinski definition) is 2. The molecule has 0 spiro atoms. The molecular formula is C15H15N5O. The van der Waals surface area contributed by atoms with Crippen molar-refractivity contribution in [3.63, 3.8) is 0 Å². The number of carbonyl (C=O) groups excluding carboxylic acids is 1. The molecule has 21 heavy (non-hydrogen) atoms. The SMILES string of the molecule is Cc1nc2c(C)cc(NC(=O)Nc3ccccc3)cn2n1. The fraction of sp³-hybridized carbons (Fsp3) is 0.133. The van der Waals surface area contributed by atoms with Crippen LogP contribution in [0.3, 0.4) is 0 Å². The molecule has 3 aromatic rings. The maximum atomic E-state index is 12.0. The molecule has 0 bridgehead atoms. The van der Waals surface area contributed by atoms with Crippen LogP contribution in [-0.4, -0.2) is 20.6 Å². The van der Waals surface area contributed by atoms with E-state index in [9.17, 15) is 4.79 Å². The second-order valence-electron chi connectivity index (χ2n) is 4.78. The third-order valence-corrected chi connectivity index (χ3v) is 3.01. The van der Waals surface area contributed by atoms with Crippen molar-refractivity contribution < 1.29 is 4.79 Å². The molecular weight excluding hydrogens is 266 g/mol. The Labute approximate surface area is 121 Å². The standard InChI is InChI=1S/C15H15N5O/c1-10-8-13(9-20-14(10)16-11(2)19-20)18-15(21)17-12-6-4-3-5-7-12/h3-9H,1-2H3,(H2,17,18,21). The number of pyridine rings is 1. The van der Waals surface area contributed by atoms with Gasteiger partial charge >= 0.3 is 6.03 Å². The van der Waals surface area contributed by atoms with Gasteiger partial charge < -0.3 is 10.6 Å². The summed E-state index contributed by atoms with van der Waals surface area (Å²) in [6, 6.07) is 10.9. The summed E-state index contributed by atoms with van der Waals surface area (Å²) in [5, 5.41) is 9.82. The summed E-state index contributed by atoms with van der Waals surface area (Å²) in [6.07, 6.45) is 1.74. The quantitative estimate of drug-likeness (QED) is 0.758. The number of anilines is 2. The molecule has 0 unspecified atom stereocenters. The largest absolute Gasteiger partial charge is 0.323 e. The molecule has 2 N–H and O–H groups in total. The first-order valence-corrected chi connectivity index (χ1v) is 6.58. The van der Waals surface area contributed by atoms with E-state index in [1.54, 1.807) is 10.7 Å². The predicted molar refractivity (Wildman–Crippen MR) is 81.5 cm³/mol. The minimum atomic E-state index is -0.295. The van der Waals surface area contributed by atoms with Crippen molar-refractivity contribution in [2.24, 2.45) is 0 Å². The molecule has 0 aliphatic heterocycles. The Morgan fingerprint density at radius 1 is 1.10 bits per heavy atom. The molecule has 0 aliphatic rings. The summed E-state index contributed by atoms with van der Waals surface area (Å²) in [7, 11) is 0. The Morgan fingerprint density at radius 3 is 2.57 bits per heavy atom. The summed E-state index contributed by atoms with van der Waals surface area (Å²) < 4.78 is 1.67. The molecule has 0 fully saturated rings. The van der Waals surface area contributed by atoms with E-state index in [2.05, 4.69) is 20.7 Å². The number of amides is 2. The van der Waals surface area contributed by atoms with Gasteiger partial charge in [0.15, 0.2) is 5.65 Å². The van der Waals surface area contributed by atoms with Gasteiger partial charge in [-0.15, -0.1) is 0 Å². The van der Waals surface area contributed by atoms with Crippen LogP contribution in [0.4, 0.5) is 16.2 Å². The number of para-hydroxylation sites is 1. The molecule has 0 atom stereocenters. The smallest absolute Gasteiger partial charge is 0.308 e. The lowest BCUT2D eigenvalue weighted by molar-refractivity contribution is 0.262. The van der Waals surface area contributed by atoms with Crippen LogP contribution in [0.5, 0.6) is 0 Å². The number of nitrogens with zero attached hydrogens (tertiary/aromatic N) is 3. The summed E-state index contributed by atoms with van der Waals surface area (Å²) in [6.45, 7) is 3.77. The molecule has 106 valence electrons. The third kappa shape index (κ3) is 2.84. The van der Waals surface area contributed by atoms with Gasteiger partial charge in [0.05, 0.1) is 11.9 Å². The number of urea groups is 1. The maximum Gasteiger partial charge on any atom is 0.323 e. The zero-order chi connectivity index (χ0) is 14.8. The van der Waals surface area contributed by atoms with Crippen molar-refractivity contribution in [3.8, 4) is 0 Å². The molecule has 2 aromatic heterocycles. The summed E-state index contributed by atoms with van der Waals surface area (Å²) in [4.78, 5) is 16.3. The van der Waals surface area contributed by atoms with Crippen molar-refractivity contribution in [1.82, 2.24) is 14.6 Å². The highest BCUT2D eigenvalue weighted by atomic mass is 16.2. The Hall–Kier alpha value is -2.89. The molecule has 6 heteroatoms. The number of rotatable bonds is 2. The molecule has 1 aromatic carbocycles. The second-order valence-corrected chi connectivity index (χ2v) is 4.78. The van der Waals surface area contributed by atoms with E-state index in [0.717, 1.165) is 16.9 Å². The van der Waals surface area contributed by atoms with Crippen LogP contribution in [0.2, 0.25) is 0 Å². The van der Waals surface area contributed by atoms with E-state index < -0.39 is 0 Å². The number of nitrogens with one attached hydrogen (secondary N) is 2. The maximum absolute atomic E-state index is 12.0. The molecule has 6 nitrogen and oxygen atoms in total. The second kappa shape index (κ2) is 5.24. The number of fused-ring (bicyclic) bond motifs is 1. The van der Waals surface area contributed by atoms with Crippen molar-refractivity contribution in [2.45, 2.75) is 13.8 Å². The van der Waals surface area contributed by atoms with Crippen LogP contribution < -0.4 is 10.6 Å². The highest BCUT2D eigenvalue weighted by Crippen LogP contribution is 2.15. The van der Waals surface area contributed by atoms with Crippen LogP contribution >= 0.6 is 0 Å². The van der Waals surface area contributed by atoms with Gasteiger partial charge in [-0.05, 0) is 37.6 Å². The van der Waals surface area contributed by atoms with Crippen LogP contribution in [0.1, 0.15) is 11.4 Å². The van der Waals surface area contributed by atoms with Gasteiger partial charge in [-0.3, -0.25) is 0 Å². The molecule has 0 saturated heterocycles. The van der Waals surface area contributed by atoms with Gasteiger partial charge in [-0.2, -0.15) is 5.10 Å². The Balaban J connectivity index is 1.80. The Morgan fingerprint density at radius 2 is 1.81 bits per heavy atom. The molecule has 0 aliphatic carbocycles. The minimum Gasteiger partial charge on any atom is -0.308 e. The fourth-order valence-corrected chi connectivity index (χ4v) is 2.14. The molecule has 2 amide bonds. The van der Waals surface area contributed by atoms with E-state index in [4.69, 9.17) is 0 Å². The van der Waals surface area contributed by atoms with Gasteiger partial charge in [0, 0.05) is 5.69 Å².